The smallest absolute Gasteiger partial charge is 0.225 e. The van der Waals surface area contributed by atoms with E-state index in [0.717, 1.165) is 29.8 Å². The maximum Gasteiger partial charge on any atom is 0.225 e. The summed E-state index contributed by atoms with van der Waals surface area (Å²) in [5.41, 5.74) is 0.997. The zero-order valence-electron chi connectivity index (χ0n) is 13.2. The van der Waals surface area contributed by atoms with Crippen molar-refractivity contribution in [1.29, 1.82) is 0 Å². The van der Waals surface area contributed by atoms with E-state index in [1.54, 1.807) is 7.11 Å². The molecule has 0 bridgehead atoms. The van der Waals surface area contributed by atoms with Gasteiger partial charge in [-0.15, -0.1) is 0 Å². The maximum absolute atomic E-state index is 5.09. The van der Waals surface area contributed by atoms with Crippen molar-refractivity contribution >= 4 is 22.7 Å². The van der Waals surface area contributed by atoms with Crippen LogP contribution in [0.2, 0.25) is 0 Å². The van der Waals surface area contributed by atoms with Crippen molar-refractivity contribution in [2.24, 2.45) is 0 Å². The summed E-state index contributed by atoms with van der Waals surface area (Å²) in [5, 5.41) is 4.40. The number of fused-ring (bicyclic) bond motifs is 1. The Kier molecular flexibility index (Phi) is 5.06. The Labute approximate surface area is 131 Å². The molecule has 1 saturated heterocycles. The molecule has 1 aromatic carbocycles. The zero-order valence-corrected chi connectivity index (χ0v) is 13.2. The van der Waals surface area contributed by atoms with Crippen LogP contribution >= 0.6 is 0 Å². The molecule has 118 valence electrons. The van der Waals surface area contributed by atoms with E-state index < -0.39 is 0 Å². The molecule has 2 heterocycles. The SMILES string of the molecule is COCCNc1nc(N2CCCCCC2)c2ccccc2n1. The predicted octanol–water partition coefficient (Wildman–Crippen LogP) is 3.07. The van der Waals surface area contributed by atoms with E-state index in [9.17, 15) is 0 Å². The van der Waals surface area contributed by atoms with Crippen LogP contribution in [0.15, 0.2) is 24.3 Å². The third-order valence-corrected chi connectivity index (χ3v) is 4.08. The lowest BCUT2D eigenvalue weighted by Gasteiger charge is -2.23. The van der Waals surface area contributed by atoms with Crippen molar-refractivity contribution in [3.8, 4) is 0 Å². The topological polar surface area (TPSA) is 50.3 Å². The number of anilines is 2. The largest absolute Gasteiger partial charge is 0.383 e. The number of nitrogens with one attached hydrogen (secondary N) is 1. The maximum atomic E-state index is 5.09. The van der Waals surface area contributed by atoms with Crippen LogP contribution < -0.4 is 10.2 Å². The number of hydrogen-bond donors (Lipinski definition) is 1. The fourth-order valence-electron chi connectivity index (χ4n) is 2.93. The molecule has 5 heteroatoms. The van der Waals surface area contributed by atoms with Gasteiger partial charge in [0.25, 0.3) is 0 Å². The average molecular weight is 300 g/mol. The van der Waals surface area contributed by atoms with Gasteiger partial charge in [0.2, 0.25) is 5.95 Å². The van der Waals surface area contributed by atoms with Gasteiger partial charge >= 0.3 is 0 Å². The van der Waals surface area contributed by atoms with Crippen LogP contribution in [0.1, 0.15) is 25.7 Å². The standard InChI is InChI=1S/C17H24N4O/c1-22-13-10-18-17-19-15-9-5-4-8-14(15)16(20-17)21-11-6-2-3-7-12-21/h4-5,8-9H,2-3,6-7,10-13H2,1H3,(H,18,19,20). The normalized spacial score (nSPS) is 15.8. The van der Waals surface area contributed by atoms with E-state index >= 15 is 0 Å². The highest BCUT2D eigenvalue weighted by molar-refractivity contribution is 5.90. The van der Waals surface area contributed by atoms with Crippen LogP contribution in [-0.4, -0.2) is 43.3 Å². The Morgan fingerprint density at radius 2 is 1.86 bits per heavy atom. The Morgan fingerprint density at radius 3 is 2.64 bits per heavy atom. The van der Waals surface area contributed by atoms with Crippen molar-refractivity contribution < 1.29 is 4.74 Å². The summed E-state index contributed by atoms with van der Waals surface area (Å²) in [6, 6.07) is 8.26. The molecule has 0 saturated carbocycles. The number of nitrogens with zero attached hydrogens (tertiary/aromatic N) is 3. The second kappa shape index (κ2) is 7.40. The number of rotatable bonds is 5. The first-order chi connectivity index (χ1) is 10.9. The third kappa shape index (κ3) is 3.47. The van der Waals surface area contributed by atoms with E-state index in [4.69, 9.17) is 9.72 Å². The Balaban J connectivity index is 1.94. The summed E-state index contributed by atoms with van der Waals surface area (Å²) in [6.45, 7) is 3.53. The van der Waals surface area contributed by atoms with Crippen LogP contribution in [0.5, 0.6) is 0 Å². The van der Waals surface area contributed by atoms with E-state index in [1.807, 2.05) is 6.07 Å². The summed E-state index contributed by atoms with van der Waals surface area (Å²) >= 11 is 0. The van der Waals surface area contributed by atoms with Gasteiger partial charge < -0.3 is 15.0 Å². The molecule has 1 N–H and O–H groups in total. The number of ether oxygens (including phenoxy) is 1. The van der Waals surface area contributed by atoms with E-state index in [-0.39, 0.29) is 0 Å². The molecule has 1 fully saturated rings. The molecule has 0 radical (unpaired) electrons. The van der Waals surface area contributed by atoms with Crippen LogP contribution in [-0.2, 0) is 4.74 Å². The Bertz CT molecular complexity index is 609. The molecule has 1 aliphatic heterocycles. The molecule has 3 rings (SSSR count). The van der Waals surface area contributed by atoms with Crippen LogP contribution in [0, 0.1) is 0 Å². The molecular weight excluding hydrogens is 276 g/mol. The molecular formula is C17H24N4O. The Hall–Kier alpha value is -1.88. The fourth-order valence-corrected chi connectivity index (χ4v) is 2.93. The number of para-hydroxylation sites is 1. The first-order valence-corrected chi connectivity index (χ1v) is 8.13. The van der Waals surface area contributed by atoms with Crippen molar-refractivity contribution in [3.63, 3.8) is 0 Å². The first-order valence-electron chi connectivity index (χ1n) is 8.13. The summed E-state index contributed by atoms with van der Waals surface area (Å²) in [5.74, 6) is 1.75. The van der Waals surface area contributed by atoms with Crippen LogP contribution in [0.25, 0.3) is 10.9 Å². The molecule has 0 amide bonds. The second-order valence-corrected chi connectivity index (χ2v) is 5.71. The Morgan fingerprint density at radius 1 is 1.09 bits per heavy atom. The number of aromatic nitrogens is 2. The molecule has 0 atom stereocenters. The van der Waals surface area contributed by atoms with Gasteiger partial charge in [0.1, 0.15) is 5.82 Å². The minimum absolute atomic E-state index is 0.648. The van der Waals surface area contributed by atoms with Crippen molar-refractivity contribution in [3.05, 3.63) is 24.3 Å². The summed E-state index contributed by atoms with van der Waals surface area (Å²) in [7, 11) is 1.70. The monoisotopic (exact) mass is 300 g/mol. The fraction of sp³-hybridized carbons (Fsp3) is 0.529. The molecule has 1 aromatic heterocycles. The van der Waals surface area contributed by atoms with Crippen LogP contribution in [0.3, 0.4) is 0 Å². The highest BCUT2D eigenvalue weighted by Gasteiger charge is 2.16. The zero-order chi connectivity index (χ0) is 15.2. The van der Waals surface area contributed by atoms with E-state index in [1.165, 1.54) is 25.7 Å². The highest BCUT2D eigenvalue weighted by Crippen LogP contribution is 2.27. The van der Waals surface area contributed by atoms with Crippen molar-refractivity contribution in [2.45, 2.75) is 25.7 Å². The lowest BCUT2D eigenvalue weighted by atomic mass is 10.2. The average Bonchev–Trinajstić information content (AvgIpc) is 2.83. The lowest BCUT2D eigenvalue weighted by Crippen LogP contribution is -2.26. The molecule has 22 heavy (non-hydrogen) atoms. The predicted molar refractivity (Wildman–Crippen MR) is 90.6 cm³/mol. The van der Waals surface area contributed by atoms with Gasteiger partial charge in [-0.3, -0.25) is 0 Å². The third-order valence-electron chi connectivity index (χ3n) is 4.08. The molecule has 0 spiro atoms. The van der Waals surface area contributed by atoms with Gasteiger partial charge in [0, 0.05) is 32.1 Å². The first kappa shape index (κ1) is 15.0. The summed E-state index contributed by atoms with van der Waals surface area (Å²) < 4.78 is 5.09. The van der Waals surface area contributed by atoms with Crippen LogP contribution in [0.4, 0.5) is 11.8 Å². The number of methoxy groups -OCH3 is 1. The highest BCUT2D eigenvalue weighted by atomic mass is 16.5. The number of hydrogen-bond acceptors (Lipinski definition) is 5. The molecule has 0 aliphatic carbocycles. The number of benzene rings is 1. The summed E-state index contributed by atoms with van der Waals surface area (Å²) in [6.07, 6.45) is 5.12. The molecule has 5 nitrogen and oxygen atoms in total. The van der Waals surface area contributed by atoms with Gasteiger partial charge in [0.05, 0.1) is 12.1 Å². The molecule has 1 aliphatic rings. The van der Waals surface area contributed by atoms with Gasteiger partial charge in [0.15, 0.2) is 0 Å². The van der Waals surface area contributed by atoms with Gasteiger partial charge in [-0.2, -0.15) is 4.98 Å². The minimum Gasteiger partial charge on any atom is -0.383 e. The molecule has 0 unspecified atom stereocenters. The van der Waals surface area contributed by atoms with Gasteiger partial charge in [-0.05, 0) is 25.0 Å². The van der Waals surface area contributed by atoms with E-state index in [0.29, 0.717) is 19.1 Å². The van der Waals surface area contributed by atoms with E-state index in [2.05, 4.69) is 33.4 Å². The van der Waals surface area contributed by atoms with Gasteiger partial charge in [-0.1, -0.05) is 25.0 Å². The lowest BCUT2D eigenvalue weighted by molar-refractivity contribution is 0.210. The van der Waals surface area contributed by atoms with Crippen molar-refractivity contribution in [1.82, 2.24) is 9.97 Å². The quantitative estimate of drug-likeness (QED) is 0.860. The molecule has 2 aromatic rings. The summed E-state index contributed by atoms with van der Waals surface area (Å²) in [4.78, 5) is 11.8. The van der Waals surface area contributed by atoms with Crippen molar-refractivity contribution in [2.75, 3.05) is 43.6 Å². The van der Waals surface area contributed by atoms with Gasteiger partial charge in [-0.25, -0.2) is 4.98 Å². The second-order valence-electron chi connectivity index (χ2n) is 5.71. The minimum atomic E-state index is 0.648.